The zero-order valence-electron chi connectivity index (χ0n) is 12.8. The number of para-hydroxylation sites is 1. The van der Waals surface area contributed by atoms with Gasteiger partial charge in [0, 0.05) is 11.6 Å². The Morgan fingerprint density at radius 1 is 1.04 bits per heavy atom. The van der Waals surface area contributed by atoms with E-state index in [4.69, 9.17) is 5.11 Å². The summed E-state index contributed by atoms with van der Waals surface area (Å²) >= 11 is 0. The molecule has 2 aromatic carbocycles. The van der Waals surface area contributed by atoms with E-state index in [0.29, 0.717) is 5.56 Å². The fourth-order valence-corrected chi connectivity index (χ4v) is 3.09. The smallest absolute Gasteiger partial charge is 0.328 e. The second-order valence-electron chi connectivity index (χ2n) is 4.95. The largest absolute Gasteiger partial charge is 0.478 e. The molecule has 0 bridgehead atoms. The first kappa shape index (κ1) is 17.4. The Bertz CT molecular complexity index is 899. The molecule has 0 aliphatic carbocycles. The van der Waals surface area contributed by atoms with Gasteiger partial charge in [0.1, 0.15) is 0 Å². The molecule has 0 heterocycles. The zero-order chi connectivity index (χ0) is 17.7. The lowest BCUT2D eigenvalue weighted by Gasteiger charge is -2.11. The van der Waals surface area contributed by atoms with Crippen molar-refractivity contribution in [2.75, 3.05) is 4.72 Å². The Labute approximate surface area is 139 Å². The van der Waals surface area contributed by atoms with Gasteiger partial charge in [0.2, 0.25) is 0 Å². The van der Waals surface area contributed by atoms with E-state index in [1.165, 1.54) is 43.3 Å². The number of ketones is 1. The molecule has 0 unspecified atom stereocenters. The first-order valence-electron chi connectivity index (χ1n) is 6.93. The number of Topliss-reactive ketones (excluding diaryl/α,β-unsaturated/α-hetero) is 1. The first-order chi connectivity index (χ1) is 11.3. The molecular formula is C17H15NO5S. The van der Waals surface area contributed by atoms with Crippen molar-refractivity contribution < 1.29 is 23.1 Å². The van der Waals surface area contributed by atoms with E-state index in [9.17, 15) is 18.0 Å². The monoisotopic (exact) mass is 345 g/mol. The van der Waals surface area contributed by atoms with E-state index in [1.54, 1.807) is 18.2 Å². The van der Waals surface area contributed by atoms with Crippen molar-refractivity contribution in [3.8, 4) is 0 Å². The Balaban J connectivity index is 2.28. The molecule has 24 heavy (non-hydrogen) atoms. The molecule has 0 radical (unpaired) electrons. The molecule has 2 rings (SSSR count). The van der Waals surface area contributed by atoms with E-state index in [0.717, 1.165) is 6.08 Å². The van der Waals surface area contributed by atoms with Gasteiger partial charge in [-0.05, 0) is 42.8 Å². The Kier molecular flexibility index (Phi) is 5.15. The number of sulfonamides is 1. The number of carboxylic acids is 1. The van der Waals surface area contributed by atoms with E-state index in [-0.39, 0.29) is 21.9 Å². The number of carbonyl (C=O) groups is 2. The summed E-state index contributed by atoms with van der Waals surface area (Å²) in [5.74, 6) is -1.34. The predicted molar refractivity (Wildman–Crippen MR) is 90.4 cm³/mol. The van der Waals surface area contributed by atoms with Crippen LogP contribution in [-0.2, 0) is 14.8 Å². The fourth-order valence-electron chi connectivity index (χ4n) is 2.01. The van der Waals surface area contributed by atoms with E-state index in [1.807, 2.05) is 0 Å². The van der Waals surface area contributed by atoms with Gasteiger partial charge in [-0.2, -0.15) is 0 Å². The molecule has 0 amide bonds. The molecule has 0 aliphatic heterocycles. The van der Waals surface area contributed by atoms with Crippen LogP contribution in [0.5, 0.6) is 0 Å². The average Bonchev–Trinajstić information content (AvgIpc) is 2.53. The third kappa shape index (κ3) is 4.30. The number of anilines is 1. The third-order valence-electron chi connectivity index (χ3n) is 3.16. The number of carboxylic acid groups (broad SMARTS) is 1. The minimum Gasteiger partial charge on any atom is -0.478 e. The molecule has 0 aliphatic rings. The lowest BCUT2D eigenvalue weighted by atomic mass is 10.1. The summed E-state index contributed by atoms with van der Waals surface area (Å²) in [6.07, 6.45) is 2.32. The van der Waals surface area contributed by atoms with Gasteiger partial charge in [0.25, 0.3) is 10.0 Å². The highest BCUT2D eigenvalue weighted by Gasteiger charge is 2.16. The molecule has 6 nitrogen and oxygen atoms in total. The summed E-state index contributed by atoms with van der Waals surface area (Å²) in [7, 11) is -3.86. The summed E-state index contributed by atoms with van der Waals surface area (Å²) in [4.78, 5) is 22.0. The quantitative estimate of drug-likeness (QED) is 0.619. The van der Waals surface area contributed by atoms with Gasteiger partial charge in [0.15, 0.2) is 5.78 Å². The van der Waals surface area contributed by atoms with Crippen LogP contribution >= 0.6 is 0 Å². The summed E-state index contributed by atoms with van der Waals surface area (Å²) in [5.41, 5.74) is 1.04. The van der Waals surface area contributed by atoms with Gasteiger partial charge in [-0.25, -0.2) is 13.2 Å². The molecule has 2 aromatic rings. The maximum atomic E-state index is 12.4. The van der Waals surface area contributed by atoms with Crippen molar-refractivity contribution in [2.45, 2.75) is 11.8 Å². The maximum absolute atomic E-state index is 12.4. The lowest BCUT2D eigenvalue weighted by molar-refractivity contribution is -0.131. The van der Waals surface area contributed by atoms with Crippen LogP contribution in [-0.4, -0.2) is 25.3 Å². The number of hydrogen-bond acceptors (Lipinski definition) is 4. The SMILES string of the molecule is CC(=O)c1ccccc1NS(=O)(=O)c1ccc(C=CC(=O)O)cc1. The highest BCUT2D eigenvalue weighted by atomic mass is 32.2. The molecule has 2 N–H and O–H groups in total. The molecule has 7 heteroatoms. The number of benzene rings is 2. The number of nitrogens with one attached hydrogen (secondary N) is 1. The van der Waals surface area contributed by atoms with Gasteiger partial charge >= 0.3 is 5.97 Å². The Hall–Kier alpha value is -2.93. The van der Waals surface area contributed by atoms with Crippen LogP contribution in [0.1, 0.15) is 22.8 Å². The van der Waals surface area contributed by atoms with Crippen molar-refractivity contribution in [2.24, 2.45) is 0 Å². The standard InChI is InChI=1S/C17H15NO5S/c1-12(19)15-4-2-3-5-16(15)18-24(22,23)14-9-6-13(7-10-14)8-11-17(20)21/h2-11,18H,1H3,(H,20,21). The van der Waals surface area contributed by atoms with Crippen molar-refractivity contribution in [1.29, 1.82) is 0 Å². The topological polar surface area (TPSA) is 101 Å². The van der Waals surface area contributed by atoms with Gasteiger partial charge in [-0.3, -0.25) is 9.52 Å². The van der Waals surface area contributed by atoms with E-state index < -0.39 is 16.0 Å². The molecule has 0 aromatic heterocycles. The molecule has 0 saturated heterocycles. The molecule has 0 atom stereocenters. The Morgan fingerprint density at radius 2 is 1.67 bits per heavy atom. The van der Waals surface area contributed by atoms with Crippen molar-refractivity contribution in [1.82, 2.24) is 0 Å². The summed E-state index contributed by atoms with van der Waals surface area (Å²) in [6, 6.07) is 12.0. The van der Waals surface area contributed by atoms with E-state index >= 15 is 0 Å². The average molecular weight is 345 g/mol. The minimum atomic E-state index is -3.86. The normalized spacial score (nSPS) is 11.4. The molecule has 124 valence electrons. The molecule has 0 fully saturated rings. The van der Waals surface area contributed by atoms with Gasteiger partial charge in [-0.1, -0.05) is 24.3 Å². The number of carbonyl (C=O) groups excluding carboxylic acids is 1. The summed E-state index contributed by atoms with van der Waals surface area (Å²) < 4.78 is 27.2. The fraction of sp³-hybridized carbons (Fsp3) is 0.0588. The van der Waals surface area contributed by atoms with Gasteiger partial charge in [-0.15, -0.1) is 0 Å². The van der Waals surface area contributed by atoms with Crippen LogP contribution in [0.4, 0.5) is 5.69 Å². The second kappa shape index (κ2) is 7.10. The van der Waals surface area contributed by atoms with Crippen molar-refractivity contribution >= 4 is 33.5 Å². The predicted octanol–water partition coefficient (Wildman–Crippen LogP) is 2.79. The third-order valence-corrected chi connectivity index (χ3v) is 4.54. The van der Waals surface area contributed by atoms with Gasteiger partial charge in [0.05, 0.1) is 10.6 Å². The van der Waals surface area contributed by atoms with Crippen molar-refractivity contribution in [3.63, 3.8) is 0 Å². The second-order valence-corrected chi connectivity index (χ2v) is 6.63. The summed E-state index contributed by atoms with van der Waals surface area (Å²) in [5, 5.41) is 8.57. The maximum Gasteiger partial charge on any atom is 0.328 e. The van der Waals surface area contributed by atoms with Crippen LogP contribution in [0, 0.1) is 0 Å². The van der Waals surface area contributed by atoms with Crippen LogP contribution in [0.2, 0.25) is 0 Å². The van der Waals surface area contributed by atoms with Gasteiger partial charge < -0.3 is 5.11 Å². The molecule has 0 saturated carbocycles. The van der Waals surface area contributed by atoms with Crippen LogP contribution in [0.3, 0.4) is 0 Å². The van der Waals surface area contributed by atoms with Crippen LogP contribution in [0.25, 0.3) is 6.08 Å². The van der Waals surface area contributed by atoms with Crippen LogP contribution in [0.15, 0.2) is 59.5 Å². The van der Waals surface area contributed by atoms with Crippen LogP contribution < -0.4 is 4.72 Å². The van der Waals surface area contributed by atoms with E-state index in [2.05, 4.69) is 4.72 Å². The number of rotatable bonds is 6. The lowest BCUT2D eigenvalue weighted by Crippen LogP contribution is -2.15. The first-order valence-corrected chi connectivity index (χ1v) is 8.42. The molecule has 0 spiro atoms. The zero-order valence-corrected chi connectivity index (χ0v) is 13.6. The Morgan fingerprint density at radius 3 is 2.25 bits per heavy atom. The number of aliphatic carboxylic acids is 1. The van der Waals surface area contributed by atoms with Crippen molar-refractivity contribution in [3.05, 3.63) is 65.7 Å². The summed E-state index contributed by atoms with van der Waals surface area (Å²) in [6.45, 7) is 1.36. The highest BCUT2D eigenvalue weighted by Crippen LogP contribution is 2.21. The highest BCUT2D eigenvalue weighted by molar-refractivity contribution is 7.92. The molecular weight excluding hydrogens is 330 g/mol. The minimum absolute atomic E-state index is 0.00771. The number of hydrogen-bond donors (Lipinski definition) is 2.